The number of rotatable bonds is 9. The lowest BCUT2D eigenvalue weighted by Gasteiger charge is -2.39. The van der Waals surface area contributed by atoms with Crippen LogP contribution in [-0.4, -0.2) is 27.1 Å². The first-order valence-electron chi connectivity index (χ1n) is 12.5. The molecule has 0 aliphatic heterocycles. The van der Waals surface area contributed by atoms with E-state index < -0.39 is 47.2 Å². The van der Waals surface area contributed by atoms with Crippen molar-refractivity contribution in [3.8, 4) is 6.01 Å². The zero-order chi connectivity index (χ0) is 30.7. The van der Waals surface area contributed by atoms with Crippen molar-refractivity contribution in [2.75, 3.05) is 0 Å². The lowest BCUT2D eigenvalue weighted by atomic mass is 9.80. The molecule has 1 aromatic heterocycles. The molecule has 12 heteroatoms. The topological polar surface area (TPSA) is 81.5 Å². The van der Waals surface area contributed by atoms with Crippen LogP contribution in [0.4, 0.5) is 26.3 Å². The van der Waals surface area contributed by atoms with Crippen LogP contribution < -0.4 is 4.74 Å². The van der Waals surface area contributed by atoms with Gasteiger partial charge < -0.3 is 14.6 Å². The first kappa shape index (κ1) is 30.5. The largest absolute Gasteiger partial charge is 0.478 e. The van der Waals surface area contributed by atoms with E-state index in [0.29, 0.717) is 35.2 Å². The Morgan fingerprint density at radius 3 is 1.83 bits per heavy atom. The molecule has 0 fully saturated rings. The van der Waals surface area contributed by atoms with E-state index in [9.17, 15) is 36.2 Å². The van der Waals surface area contributed by atoms with Gasteiger partial charge in [-0.25, -0.2) is 14.8 Å². The number of benzene rings is 3. The molecule has 6 nitrogen and oxygen atoms in total. The fraction of sp³-hybridized carbons (Fsp3) is 0.233. The number of hydrogen-bond donors (Lipinski definition) is 1. The Balaban J connectivity index is 2.02. The minimum atomic E-state index is -4.84. The molecule has 0 aliphatic rings. The van der Waals surface area contributed by atoms with Crippen molar-refractivity contribution in [1.82, 2.24) is 9.97 Å². The van der Waals surface area contributed by atoms with Crippen molar-refractivity contribution >= 4 is 5.97 Å². The predicted molar refractivity (Wildman–Crippen MR) is 138 cm³/mol. The number of aromatic nitrogens is 2. The van der Waals surface area contributed by atoms with E-state index in [1.807, 2.05) is 0 Å². The van der Waals surface area contributed by atoms with Crippen molar-refractivity contribution in [2.45, 2.75) is 44.5 Å². The molecule has 0 spiro atoms. The second-order valence-corrected chi connectivity index (χ2v) is 9.43. The maximum Gasteiger partial charge on any atom is 0.416 e. The van der Waals surface area contributed by atoms with Gasteiger partial charge in [0.25, 0.3) is 0 Å². The first-order valence-corrected chi connectivity index (χ1v) is 12.5. The SMILES string of the molecule is Cc1cc(C)nc(O[C@@H](C(=O)O)[C@](OCc2ccccc2)(c2ccc(C(F)(F)F)cc2)c2cccc(C(F)(F)F)c2)n1. The van der Waals surface area contributed by atoms with Gasteiger partial charge in [-0.1, -0.05) is 54.6 Å². The Morgan fingerprint density at radius 1 is 0.738 bits per heavy atom. The van der Waals surface area contributed by atoms with E-state index in [0.717, 1.165) is 24.3 Å². The summed E-state index contributed by atoms with van der Waals surface area (Å²) in [6.45, 7) is 2.84. The molecule has 1 heterocycles. The monoisotopic (exact) mass is 590 g/mol. The fourth-order valence-corrected chi connectivity index (χ4v) is 4.48. The number of aryl methyl sites for hydroxylation is 2. The van der Waals surface area contributed by atoms with Crippen molar-refractivity contribution in [3.05, 3.63) is 124 Å². The smallest absolute Gasteiger partial charge is 0.416 e. The molecule has 220 valence electrons. The minimum Gasteiger partial charge on any atom is -0.478 e. The van der Waals surface area contributed by atoms with Crippen molar-refractivity contribution in [2.24, 2.45) is 0 Å². The summed E-state index contributed by atoms with van der Waals surface area (Å²) in [6, 6.07) is 16.5. The van der Waals surface area contributed by atoms with Gasteiger partial charge in [-0.2, -0.15) is 26.3 Å². The molecule has 1 N–H and O–H groups in total. The van der Waals surface area contributed by atoms with Crippen LogP contribution in [0.2, 0.25) is 0 Å². The van der Waals surface area contributed by atoms with E-state index in [1.54, 1.807) is 50.2 Å². The van der Waals surface area contributed by atoms with Crippen LogP contribution in [0.25, 0.3) is 0 Å². The first-order chi connectivity index (χ1) is 19.7. The Hall–Kier alpha value is -4.45. The second-order valence-electron chi connectivity index (χ2n) is 9.43. The Bertz CT molecular complexity index is 1520. The van der Waals surface area contributed by atoms with E-state index in [1.165, 1.54) is 6.07 Å². The second kappa shape index (κ2) is 11.8. The lowest BCUT2D eigenvalue weighted by Crippen LogP contribution is -2.51. The fourth-order valence-electron chi connectivity index (χ4n) is 4.48. The summed E-state index contributed by atoms with van der Waals surface area (Å²) in [7, 11) is 0. The van der Waals surface area contributed by atoms with E-state index in [-0.39, 0.29) is 17.7 Å². The Morgan fingerprint density at radius 2 is 1.29 bits per heavy atom. The van der Waals surface area contributed by atoms with Gasteiger partial charge in [0, 0.05) is 11.4 Å². The number of aliphatic carboxylic acids is 1. The predicted octanol–water partition coefficient (Wildman–Crippen LogP) is 7.12. The average molecular weight is 591 g/mol. The molecule has 0 radical (unpaired) electrons. The van der Waals surface area contributed by atoms with Gasteiger partial charge in [0.15, 0.2) is 5.60 Å². The van der Waals surface area contributed by atoms with Crippen LogP contribution in [0.15, 0.2) is 84.9 Å². The van der Waals surface area contributed by atoms with E-state index in [2.05, 4.69) is 9.97 Å². The van der Waals surface area contributed by atoms with Crippen molar-refractivity contribution in [1.29, 1.82) is 0 Å². The normalized spacial score (nSPS) is 14.2. The van der Waals surface area contributed by atoms with Gasteiger partial charge >= 0.3 is 24.3 Å². The highest BCUT2D eigenvalue weighted by Gasteiger charge is 2.51. The van der Waals surface area contributed by atoms with Gasteiger partial charge in [-0.05, 0) is 60.9 Å². The number of carboxylic acid groups (broad SMARTS) is 1. The molecule has 0 unspecified atom stereocenters. The van der Waals surface area contributed by atoms with Gasteiger partial charge in [0.05, 0.1) is 17.7 Å². The summed E-state index contributed by atoms with van der Waals surface area (Å²) in [4.78, 5) is 21.1. The van der Waals surface area contributed by atoms with Gasteiger partial charge in [0.2, 0.25) is 6.10 Å². The maximum atomic E-state index is 13.9. The maximum absolute atomic E-state index is 13.9. The lowest BCUT2D eigenvalue weighted by molar-refractivity contribution is -0.166. The third-order valence-corrected chi connectivity index (χ3v) is 6.35. The number of ether oxygens (including phenoxy) is 2. The number of halogens is 6. The van der Waals surface area contributed by atoms with Crippen LogP contribution in [0.1, 0.15) is 39.2 Å². The highest BCUT2D eigenvalue weighted by molar-refractivity contribution is 5.76. The summed E-state index contributed by atoms with van der Waals surface area (Å²) < 4.78 is 93.9. The summed E-state index contributed by atoms with van der Waals surface area (Å²) in [6.07, 6.45) is -11.7. The minimum absolute atomic E-state index is 0.206. The molecular weight excluding hydrogens is 566 g/mol. The molecule has 4 aromatic rings. The van der Waals surface area contributed by atoms with Crippen molar-refractivity contribution < 1.29 is 45.7 Å². The van der Waals surface area contributed by atoms with Crippen LogP contribution in [0, 0.1) is 13.8 Å². The average Bonchev–Trinajstić information content (AvgIpc) is 2.92. The molecule has 4 rings (SSSR count). The third-order valence-electron chi connectivity index (χ3n) is 6.35. The molecule has 3 aromatic carbocycles. The van der Waals surface area contributed by atoms with Crippen LogP contribution in [0.3, 0.4) is 0 Å². The summed E-state index contributed by atoms with van der Waals surface area (Å²) >= 11 is 0. The standard InChI is InChI=1S/C30H24F6N2O4/c1-18-15-19(2)38-27(37-18)42-25(26(39)40)28(41-17-20-7-4-3-5-8-20,21-11-13-22(14-12-21)29(31,32)33)23-9-6-10-24(16-23)30(34,35)36/h3-16,25H,17H2,1-2H3,(H,39,40)/t25-,28-/m0/s1. The quantitative estimate of drug-likeness (QED) is 0.209. The highest BCUT2D eigenvalue weighted by Crippen LogP contribution is 2.43. The van der Waals surface area contributed by atoms with Crippen LogP contribution in [0.5, 0.6) is 6.01 Å². The molecule has 0 saturated carbocycles. The summed E-state index contributed by atoms with van der Waals surface area (Å²) in [5, 5.41) is 10.5. The van der Waals surface area contributed by atoms with Crippen LogP contribution >= 0.6 is 0 Å². The molecular formula is C30H24F6N2O4. The molecule has 0 aliphatic carbocycles. The zero-order valence-corrected chi connectivity index (χ0v) is 22.2. The summed E-state index contributed by atoms with van der Waals surface area (Å²) in [5.41, 5.74) is -3.82. The Labute approximate surface area is 236 Å². The Kier molecular flexibility index (Phi) is 8.58. The number of alkyl halides is 6. The van der Waals surface area contributed by atoms with Gasteiger partial charge in [-0.15, -0.1) is 0 Å². The number of carbonyl (C=O) groups is 1. The van der Waals surface area contributed by atoms with Crippen LogP contribution in [-0.2, 0) is 34.1 Å². The van der Waals surface area contributed by atoms with E-state index in [4.69, 9.17) is 9.47 Å². The number of nitrogens with zero attached hydrogens (tertiary/aromatic N) is 2. The number of carboxylic acids is 1. The van der Waals surface area contributed by atoms with E-state index >= 15 is 0 Å². The molecule has 0 bridgehead atoms. The molecule has 42 heavy (non-hydrogen) atoms. The van der Waals surface area contributed by atoms with Crippen molar-refractivity contribution in [3.63, 3.8) is 0 Å². The molecule has 2 atom stereocenters. The number of hydrogen-bond acceptors (Lipinski definition) is 5. The zero-order valence-electron chi connectivity index (χ0n) is 22.2. The highest BCUT2D eigenvalue weighted by atomic mass is 19.4. The molecule has 0 amide bonds. The summed E-state index contributed by atoms with van der Waals surface area (Å²) in [5.74, 6) is -1.69. The van der Waals surface area contributed by atoms with Gasteiger partial charge in [-0.3, -0.25) is 0 Å². The van der Waals surface area contributed by atoms with Gasteiger partial charge in [0.1, 0.15) is 0 Å². The molecule has 0 saturated heterocycles. The third kappa shape index (κ3) is 6.71.